The highest BCUT2D eigenvalue weighted by Crippen LogP contribution is 2.17. The smallest absolute Gasteiger partial charge is 0.317 e. The number of hydrogen-bond acceptors (Lipinski definition) is 4. The number of aryl methyl sites for hydroxylation is 1. The Labute approximate surface area is 131 Å². The average Bonchev–Trinajstić information content (AvgIpc) is 2.87. The molecule has 122 valence electrons. The summed E-state index contributed by atoms with van der Waals surface area (Å²) >= 11 is 0. The molecular formula is C14H22N4O3S. The number of aromatic nitrogens is 1. The van der Waals surface area contributed by atoms with Crippen molar-refractivity contribution in [3.63, 3.8) is 0 Å². The third kappa shape index (κ3) is 4.96. The summed E-state index contributed by atoms with van der Waals surface area (Å²) in [7, 11) is -3.48. The van der Waals surface area contributed by atoms with E-state index < -0.39 is 10.0 Å². The number of rotatable bonds is 5. The largest absolute Gasteiger partial charge is 0.338 e. The first-order chi connectivity index (χ1) is 10.3. The second-order valence-electron chi connectivity index (χ2n) is 5.68. The molecule has 1 aliphatic heterocycles. The predicted molar refractivity (Wildman–Crippen MR) is 83.7 cm³/mol. The molecule has 0 bridgehead atoms. The van der Waals surface area contributed by atoms with E-state index in [4.69, 9.17) is 5.14 Å². The predicted octanol–water partition coefficient (Wildman–Crippen LogP) is 0.253. The third-order valence-corrected chi connectivity index (χ3v) is 4.73. The Morgan fingerprint density at radius 2 is 2.32 bits per heavy atom. The van der Waals surface area contributed by atoms with Gasteiger partial charge in [-0.2, -0.15) is 0 Å². The highest BCUT2D eigenvalue weighted by molar-refractivity contribution is 7.89. The molecule has 1 atom stereocenters. The first-order valence-electron chi connectivity index (χ1n) is 7.29. The molecular weight excluding hydrogens is 304 g/mol. The zero-order chi connectivity index (χ0) is 16.2. The van der Waals surface area contributed by atoms with Gasteiger partial charge in [-0.3, -0.25) is 4.98 Å². The van der Waals surface area contributed by atoms with Crippen molar-refractivity contribution in [2.75, 3.05) is 25.4 Å². The van der Waals surface area contributed by atoms with Gasteiger partial charge in [0.05, 0.1) is 5.75 Å². The quantitative estimate of drug-likeness (QED) is 0.809. The number of amides is 2. The van der Waals surface area contributed by atoms with Crippen molar-refractivity contribution in [2.45, 2.75) is 19.8 Å². The van der Waals surface area contributed by atoms with Crippen LogP contribution in [0.4, 0.5) is 4.79 Å². The monoisotopic (exact) mass is 326 g/mol. The lowest BCUT2D eigenvalue weighted by molar-refractivity contribution is 0.207. The van der Waals surface area contributed by atoms with Gasteiger partial charge in [-0.25, -0.2) is 18.4 Å². The maximum atomic E-state index is 12.0. The summed E-state index contributed by atoms with van der Waals surface area (Å²) < 4.78 is 22.2. The van der Waals surface area contributed by atoms with Crippen molar-refractivity contribution in [3.05, 3.63) is 29.6 Å². The number of carbonyl (C=O) groups is 1. The highest BCUT2D eigenvalue weighted by Gasteiger charge is 2.28. The van der Waals surface area contributed by atoms with Crippen LogP contribution in [0.25, 0.3) is 0 Å². The second kappa shape index (κ2) is 7.06. The van der Waals surface area contributed by atoms with Crippen LogP contribution in [0.5, 0.6) is 0 Å². The number of primary sulfonamides is 1. The SMILES string of the molecule is Cc1cccnc1CCNC(=O)N1CC[C@@H](CS(N)(=O)=O)C1. The van der Waals surface area contributed by atoms with Gasteiger partial charge in [-0.1, -0.05) is 6.07 Å². The van der Waals surface area contributed by atoms with Gasteiger partial charge in [0.25, 0.3) is 0 Å². The number of nitrogens with one attached hydrogen (secondary N) is 1. The number of hydrogen-bond donors (Lipinski definition) is 2. The fraction of sp³-hybridized carbons (Fsp3) is 0.571. The molecule has 2 heterocycles. The minimum Gasteiger partial charge on any atom is -0.338 e. The fourth-order valence-corrected chi connectivity index (χ4v) is 3.59. The Bertz CT molecular complexity index is 633. The summed E-state index contributed by atoms with van der Waals surface area (Å²) in [6.45, 7) is 3.50. The van der Waals surface area contributed by atoms with Crippen LogP contribution in [-0.2, 0) is 16.4 Å². The molecule has 0 spiro atoms. The second-order valence-corrected chi connectivity index (χ2v) is 7.34. The zero-order valence-electron chi connectivity index (χ0n) is 12.7. The lowest BCUT2D eigenvalue weighted by Crippen LogP contribution is -2.40. The van der Waals surface area contributed by atoms with Crippen LogP contribution in [0, 0.1) is 12.8 Å². The Hall–Kier alpha value is -1.67. The molecule has 8 heteroatoms. The van der Waals surface area contributed by atoms with Crippen LogP contribution in [0.15, 0.2) is 18.3 Å². The van der Waals surface area contributed by atoms with Gasteiger partial charge in [0.1, 0.15) is 0 Å². The number of nitrogens with two attached hydrogens (primary N) is 1. The van der Waals surface area contributed by atoms with Gasteiger partial charge in [0, 0.05) is 37.9 Å². The van der Waals surface area contributed by atoms with Crippen molar-refractivity contribution in [3.8, 4) is 0 Å². The first kappa shape index (κ1) is 16.7. The topological polar surface area (TPSA) is 105 Å². The molecule has 2 rings (SSSR count). The van der Waals surface area contributed by atoms with Crippen molar-refractivity contribution >= 4 is 16.1 Å². The van der Waals surface area contributed by atoms with Crippen molar-refractivity contribution in [1.29, 1.82) is 0 Å². The van der Waals surface area contributed by atoms with E-state index in [1.807, 2.05) is 19.1 Å². The van der Waals surface area contributed by atoms with Crippen molar-refractivity contribution in [1.82, 2.24) is 15.2 Å². The normalized spacial score (nSPS) is 18.5. The maximum absolute atomic E-state index is 12.0. The summed E-state index contributed by atoms with van der Waals surface area (Å²) in [5.41, 5.74) is 2.07. The molecule has 1 fully saturated rings. The van der Waals surface area contributed by atoms with Gasteiger partial charge in [-0.05, 0) is 30.9 Å². The van der Waals surface area contributed by atoms with Crippen molar-refractivity contribution < 1.29 is 13.2 Å². The molecule has 0 unspecified atom stereocenters. The van der Waals surface area contributed by atoms with Gasteiger partial charge in [0.2, 0.25) is 10.0 Å². The van der Waals surface area contributed by atoms with Crippen LogP contribution >= 0.6 is 0 Å². The fourth-order valence-electron chi connectivity index (χ4n) is 2.66. The highest BCUT2D eigenvalue weighted by atomic mass is 32.2. The van der Waals surface area contributed by atoms with E-state index in [0.29, 0.717) is 32.5 Å². The first-order valence-corrected chi connectivity index (χ1v) is 9.00. The number of carbonyl (C=O) groups excluding carboxylic acids is 1. The molecule has 1 aliphatic rings. The maximum Gasteiger partial charge on any atom is 0.317 e. The summed E-state index contributed by atoms with van der Waals surface area (Å²) in [6, 6.07) is 3.71. The number of pyridine rings is 1. The standard InChI is InChI=1S/C14H22N4O3S/c1-11-3-2-6-16-13(11)4-7-17-14(19)18-8-5-12(9-18)10-22(15,20)21/h2-3,6,12H,4-5,7-10H2,1H3,(H,17,19)(H2,15,20,21)/t12-/m1/s1. The van der Waals surface area contributed by atoms with E-state index in [1.165, 1.54) is 0 Å². The molecule has 1 saturated heterocycles. The summed E-state index contributed by atoms with van der Waals surface area (Å²) in [6.07, 6.45) is 3.08. The Kier molecular flexibility index (Phi) is 5.36. The number of sulfonamides is 1. The number of urea groups is 1. The molecule has 0 radical (unpaired) electrons. The summed E-state index contributed by atoms with van der Waals surface area (Å²) in [4.78, 5) is 18.0. The molecule has 0 aliphatic carbocycles. The summed E-state index contributed by atoms with van der Waals surface area (Å²) in [5, 5.41) is 7.89. The van der Waals surface area contributed by atoms with E-state index in [2.05, 4.69) is 10.3 Å². The molecule has 22 heavy (non-hydrogen) atoms. The molecule has 1 aromatic heterocycles. The number of nitrogens with zero attached hydrogens (tertiary/aromatic N) is 2. The lowest BCUT2D eigenvalue weighted by Gasteiger charge is -2.17. The van der Waals surface area contributed by atoms with E-state index in [9.17, 15) is 13.2 Å². The van der Waals surface area contributed by atoms with Gasteiger partial charge in [-0.15, -0.1) is 0 Å². The third-order valence-electron chi connectivity index (χ3n) is 3.80. The minimum atomic E-state index is -3.48. The Morgan fingerprint density at radius 1 is 1.55 bits per heavy atom. The van der Waals surface area contributed by atoms with E-state index >= 15 is 0 Å². The molecule has 0 saturated carbocycles. The van der Waals surface area contributed by atoms with E-state index in [0.717, 1.165) is 11.3 Å². The van der Waals surface area contributed by atoms with Crippen LogP contribution in [0.3, 0.4) is 0 Å². The van der Waals surface area contributed by atoms with Crippen LogP contribution in [0.2, 0.25) is 0 Å². The van der Waals surface area contributed by atoms with Crippen LogP contribution < -0.4 is 10.5 Å². The molecule has 1 aromatic rings. The van der Waals surface area contributed by atoms with Gasteiger partial charge < -0.3 is 10.2 Å². The average molecular weight is 326 g/mol. The number of likely N-dealkylation sites (tertiary alicyclic amines) is 1. The van der Waals surface area contributed by atoms with Gasteiger partial charge in [0.15, 0.2) is 0 Å². The Morgan fingerprint density at radius 3 is 3.00 bits per heavy atom. The molecule has 7 nitrogen and oxygen atoms in total. The minimum absolute atomic E-state index is 0.0656. The van der Waals surface area contributed by atoms with E-state index in [1.54, 1.807) is 11.1 Å². The zero-order valence-corrected chi connectivity index (χ0v) is 13.5. The van der Waals surface area contributed by atoms with Crippen LogP contribution in [-0.4, -0.2) is 49.7 Å². The summed E-state index contributed by atoms with van der Waals surface area (Å²) in [5.74, 6) is -0.136. The van der Waals surface area contributed by atoms with Crippen LogP contribution in [0.1, 0.15) is 17.7 Å². The Balaban J connectivity index is 1.76. The van der Waals surface area contributed by atoms with Gasteiger partial charge >= 0.3 is 6.03 Å². The molecule has 3 N–H and O–H groups in total. The lowest BCUT2D eigenvalue weighted by atomic mass is 10.2. The molecule has 0 aromatic carbocycles. The van der Waals surface area contributed by atoms with E-state index in [-0.39, 0.29) is 17.7 Å². The molecule has 2 amide bonds. The van der Waals surface area contributed by atoms with Crippen molar-refractivity contribution in [2.24, 2.45) is 11.1 Å².